The van der Waals surface area contributed by atoms with Gasteiger partial charge in [-0.1, -0.05) is 158 Å². The van der Waals surface area contributed by atoms with Crippen molar-refractivity contribution in [2.75, 3.05) is 0 Å². The van der Waals surface area contributed by atoms with Crippen molar-refractivity contribution in [2.24, 2.45) is 23.2 Å². The van der Waals surface area contributed by atoms with E-state index in [2.05, 4.69) is 170 Å². The van der Waals surface area contributed by atoms with Crippen molar-refractivity contribution in [1.29, 1.82) is 0 Å². The average Bonchev–Trinajstić information content (AvgIpc) is 3.80. The Morgan fingerprint density at radius 1 is 0.417 bits per heavy atom. The van der Waals surface area contributed by atoms with Crippen LogP contribution in [0.5, 0.6) is 0 Å². The van der Waals surface area contributed by atoms with Gasteiger partial charge in [0, 0.05) is 16.5 Å². The van der Waals surface area contributed by atoms with Gasteiger partial charge >= 0.3 is 0 Å². The molecule has 0 radical (unpaired) electrons. The van der Waals surface area contributed by atoms with Crippen LogP contribution in [-0.2, 0) is 10.8 Å². The number of aromatic nitrogens is 3. The van der Waals surface area contributed by atoms with E-state index in [1.165, 1.54) is 104 Å². The van der Waals surface area contributed by atoms with Gasteiger partial charge in [-0.15, -0.1) is 0 Å². The molecule has 0 saturated heterocycles. The lowest BCUT2D eigenvalue weighted by molar-refractivity contribution is -0.000324. The molecule has 0 amide bonds. The van der Waals surface area contributed by atoms with Crippen LogP contribution in [0.4, 0.5) is 0 Å². The molecule has 3 nitrogen and oxygen atoms in total. The van der Waals surface area contributed by atoms with Crippen LogP contribution >= 0.6 is 0 Å². The van der Waals surface area contributed by atoms with Gasteiger partial charge in [0.05, 0.1) is 5.41 Å². The summed E-state index contributed by atoms with van der Waals surface area (Å²) in [7, 11) is 0. The fourth-order valence-corrected chi connectivity index (χ4v) is 14.1. The predicted octanol–water partition coefficient (Wildman–Crippen LogP) is 13.5. The van der Waals surface area contributed by atoms with Crippen molar-refractivity contribution in [3.05, 3.63) is 198 Å². The highest BCUT2D eigenvalue weighted by atomic mass is 15.1. The van der Waals surface area contributed by atoms with E-state index in [0.29, 0.717) is 5.41 Å². The molecule has 60 heavy (non-hydrogen) atoms. The Hall–Kier alpha value is -6.45. The van der Waals surface area contributed by atoms with Crippen LogP contribution in [0.1, 0.15) is 66.6 Å². The Morgan fingerprint density at radius 3 is 1.68 bits per heavy atom. The number of hydrogen-bond donors (Lipinski definition) is 0. The first-order chi connectivity index (χ1) is 29.6. The Labute approximate surface area is 350 Å². The zero-order valence-electron chi connectivity index (χ0n) is 33.5. The minimum atomic E-state index is -0.495. The Balaban J connectivity index is 1.01. The highest BCUT2D eigenvalue weighted by Gasteiger charge is 2.71. The standard InChI is InChI=1S/C57H43N3/c1-3-13-38(14-4-1)57(39-15-5-2-6-16-39)50-22-12-11-21-47(50)48-26-24-37(29-51(48)57)53-58-52(59-54(60-53)55-31-35-27-40-30-41(33-55)56(40,32-35)34-55)36-23-25-46-44-19-8-7-17-42(44)43-18-9-10-20-45(43)49(46)28-36/h1-26,28-29,35,40-41H,27,30-34H2/t35-,40+,41?,55?,56-/m1/s1. The van der Waals surface area contributed by atoms with Crippen LogP contribution in [0.25, 0.3) is 66.2 Å². The van der Waals surface area contributed by atoms with E-state index in [4.69, 9.17) is 15.0 Å². The number of hydrogen-bond acceptors (Lipinski definition) is 3. The van der Waals surface area contributed by atoms with Crippen LogP contribution < -0.4 is 0 Å². The largest absolute Gasteiger partial charge is 0.212 e. The van der Waals surface area contributed by atoms with Crippen LogP contribution in [0, 0.1) is 23.2 Å². The third-order valence-electron chi connectivity index (χ3n) is 16.3. The van der Waals surface area contributed by atoms with Crippen molar-refractivity contribution >= 4 is 32.3 Å². The quantitative estimate of drug-likeness (QED) is 0.164. The van der Waals surface area contributed by atoms with E-state index in [1.54, 1.807) is 0 Å². The molecule has 286 valence electrons. The average molecular weight is 770 g/mol. The summed E-state index contributed by atoms with van der Waals surface area (Å²) in [5.74, 6) is 5.12. The molecule has 9 aromatic rings. The van der Waals surface area contributed by atoms with Gasteiger partial charge < -0.3 is 0 Å². The second-order valence-electron chi connectivity index (χ2n) is 19.0. The first-order valence-corrected chi connectivity index (χ1v) is 22.1. The zero-order chi connectivity index (χ0) is 39.2. The molecular weight excluding hydrogens is 727 g/mol. The fraction of sp³-hybridized carbons (Fsp3) is 0.211. The molecular formula is C57H43N3. The number of benzene rings is 8. The van der Waals surface area contributed by atoms with Gasteiger partial charge in [0.25, 0.3) is 0 Å². The molecule has 0 aliphatic heterocycles. The van der Waals surface area contributed by atoms with E-state index < -0.39 is 5.41 Å². The van der Waals surface area contributed by atoms with Gasteiger partial charge in [0.2, 0.25) is 0 Å². The lowest BCUT2D eigenvalue weighted by atomic mass is 9.55. The normalized spacial score (nSPS) is 25.0. The molecule has 0 N–H and O–H groups in total. The Kier molecular flexibility index (Phi) is 6.60. The van der Waals surface area contributed by atoms with Gasteiger partial charge in [0.1, 0.15) is 5.82 Å². The van der Waals surface area contributed by atoms with Gasteiger partial charge in [0.15, 0.2) is 11.6 Å². The minimum Gasteiger partial charge on any atom is -0.212 e. The summed E-state index contributed by atoms with van der Waals surface area (Å²) in [6.45, 7) is 0. The summed E-state index contributed by atoms with van der Waals surface area (Å²) in [4.78, 5) is 16.8. The SMILES string of the molecule is c1ccc(C2(c3ccccc3)c3ccccc3-c3ccc(-c4nc(-c5ccc6c7ccccc7c7ccccc7c6c5)nc(C56CC7C[C@@H]8C[C@H](C5)C[C@]78C6)n4)cc32)cc1. The fourth-order valence-electron chi connectivity index (χ4n) is 14.1. The van der Waals surface area contributed by atoms with Crippen LogP contribution in [0.3, 0.4) is 0 Å². The highest BCUT2D eigenvalue weighted by Crippen LogP contribution is 2.78. The lowest BCUT2D eigenvalue weighted by Crippen LogP contribution is -2.42. The van der Waals surface area contributed by atoms with E-state index in [9.17, 15) is 0 Å². The summed E-state index contributed by atoms with van der Waals surface area (Å²) in [6.07, 6.45) is 7.91. The minimum absolute atomic E-state index is 0.00974. The first-order valence-electron chi connectivity index (χ1n) is 22.1. The maximum Gasteiger partial charge on any atom is 0.163 e. The van der Waals surface area contributed by atoms with E-state index in [-0.39, 0.29) is 5.41 Å². The van der Waals surface area contributed by atoms with Gasteiger partial charge in [-0.25, -0.2) is 15.0 Å². The van der Waals surface area contributed by atoms with E-state index >= 15 is 0 Å². The molecule has 5 atom stereocenters. The molecule has 5 aliphatic carbocycles. The lowest BCUT2D eigenvalue weighted by Gasteiger charge is -2.49. The molecule has 3 bridgehead atoms. The molecule has 14 rings (SSSR count). The summed E-state index contributed by atoms with van der Waals surface area (Å²) < 4.78 is 0. The van der Waals surface area contributed by atoms with Crippen molar-refractivity contribution in [2.45, 2.75) is 49.4 Å². The smallest absolute Gasteiger partial charge is 0.163 e. The highest BCUT2D eigenvalue weighted by molar-refractivity contribution is 6.25. The van der Waals surface area contributed by atoms with E-state index in [0.717, 1.165) is 46.4 Å². The predicted molar refractivity (Wildman–Crippen MR) is 243 cm³/mol. The van der Waals surface area contributed by atoms with Gasteiger partial charge in [-0.05, 0) is 140 Å². The first kappa shape index (κ1) is 33.4. The topological polar surface area (TPSA) is 38.7 Å². The Morgan fingerprint density at radius 2 is 0.983 bits per heavy atom. The van der Waals surface area contributed by atoms with E-state index in [1.807, 2.05) is 0 Å². The summed E-state index contributed by atoms with van der Waals surface area (Å²) in [6, 6.07) is 62.8. The van der Waals surface area contributed by atoms with Crippen molar-refractivity contribution in [1.82, 2.24) is 15.0 Å². The summed E-state index contributed by atoms with van der Waals surface area (Å²) in [5, 5.41) is 7.61. The molecule has 1 spiro atoms. The van der Waals surface area contributed by atoms with Crippen molar-refractivity contribution < 1.29 is 0 Å². The van der Waals surface area contributed by atoms with Crippen molar-refractivity contribution in [3.8, 4) is 33.9 Å². The summed E-state index contributed by atoms with van der Waals surface area (Å²) >= 11 is 0. The molecule has 3 heteroatoms. The zero-order valence-corrected chi connectivity index (χ0v) is 33.5. The maximum atomic E-state index is 5.67. The third kappa shape index (κ3) is 4.27. The maximum absolute atomic E-state index is 5.67. The van der Waals surface area contributed by atoms with Crippen LogP contribution in [-0.4, -0.2) is 15.0 Å². The number of fused-ring (bicyclic) bond motifs is 11. The molecule has 2 unspecified atom stereocenters. The molecule has 4 fully saturated rings. The van der Waals surface area contributed by atoms with Crippen molar-refractivity contribution in [3.63, 3.8) is 0 Å². The molecule has 8 aromatic carbocycles. The second kappa shape index (κ2) is 11.9. The van der Waals surface area contributed by atoms with Crippen LogP contribution in [0.2, 0.25) is 0 Å². The molecule has 1 heterocycles. The number of rotatable bonds is 5. The molecule has 1 aromatic heterocycles. The monoisotopic (exact) mass is 769 g/mol. The van der Waals surface area contributed by atoms with Gasteiger partial charge in [-0.2, -0.15) is 0 Å². The second-order valence-corrected chi connectivity index (χ2v) is 19.0. The molecule has 5 aliphatic rings. The Bertz CT molecular complexity index is 3180. The summed E-state index contributed by atoms with van der Waals surface area (Å²) in [5.41, 5.74) is 9.80. The molecule has 4 saturated carbocycles. The van der Waals surface area contributed by atoms with Crippen LogP contribution in [0.15, 0.2) is 170 Å². The van der Waals surface area contributed by atoms with Gasteiger partial charge in [-0.3, -0.25) is 0 Å². The number of nitrogens with zero attached hydrogens (tertiary/aromatic N) is 3. The third-order valence-corrected chi connectivity index (χ3v) is 16.3.